The standard InChI is InChI=1S/C13H18FIN2O2/c1-17(8-13(18)2-4-19-5-3-13)12-6-9(14)10(15)7-11(12)16/h6-7,18H,2-5,8,16H2,1H3. The van der Waals surface area contributed by atoms with Gasteiger partial charge >= 0.3 is 0 Å². The van der Waals surface area contributed by atoms with Crippen molar-refractivity contribution in [1.82, 2.24) is 0 Å². The maximum Gasteiger partial charge on any atom is 0.138 e. The van der Waals surface area contributed by atoms with Gasteiger partial charge in [0.15, 0.2) is 0 Å². The lowest BCUT2D eigenvalue weighted by atomic mass is 9.93. The van der Waals surface area contributed by atoms with E-state index in [4.69, 9.17) is 10.5 Å². The van der Waals surface area contributed by atoms with E-state index in [1.165, 1.54) is 6.07 Å². The molecule has 0 radical (unpaired) electrons. The first-order valence-electron chi connectivity index (χ1n) is 6.17. The van der Waals surface area contributed by atoms with Crippen molar-refractivity contribution < 1.29 is 14.2 Å². The maximum absolute atomic E-state index is 13.6. The van der Waals surface area contributed by atoms with Gasteiger partial charge in [0.2, 0.25) is 0 Å². The number of anilines is 2. The summed E-state index contributed by atoms with van der Waals surface area (Å²) in [6, 6.07) is 3.02. The number of halogens is 2. The van der Waals surface area contributed by atoms with Gasteiger partial charge in [-0.3, -0.25) is 0 Å². The molecule has 0 atom stereocenters. The van der Waals surface area contributed by atoms with Gasteiger partial charge in [0.05, 0.1) is 20.5 Å². The molecule has 4 nitrogen and oxygen atoms in total. The number of benzene rings is 1. The predicted molar refractivity (Wildman–Crippen MR) is 81.8 cm³/mol. The molecule has 6 heteroatoms. The van der Waals surface area contributed by atoms with Crippen LogP contribution >= 0.6 is 22.6 Å². The zero-order valence-corrected chi connectivity index (χ0v) is 13.0. The first-order chi connectivity index (χ1) is 8.91. The molecular formula is C13H18FIN2O2. The van der Waals surface area contributed by atoms with Crippen LogP contribution in [0.5, 0.6) is 0 Å². The average Bonchev–Trinajstić information content (AvgIpc) is 2.34. The molecule has 106 valence electrons. The smallest absolute Gasteiger partial charge is 0.138 e. The van der Waals surface area contributed by atoms with Crippen LogP contribution in [0.4, 0.5) is 15.8 Å². The lowest BCUT2D eigenvalue weighted by Gasteiger charge is -2.36. The summed E-state index contributed by atoms with van der Waals surface area (Å²) in [5, 5.41) is 10.5. The first-order valence-corrected chi connectivity index (χ1v) is 7.25. The van der Waals surface area contributed by atoms with E-state index in [9.17, 15) is 9.50 Å². The van der Waals surface area contributed by atoms with Gasteiger partial charge < -0.3 is 20.5 Å². The molecule has 1 heterocycles. The molecule has 3 N–H and O–H groups in total. The van der Waals surface area contributed by atoms with Crippen molar-refractivity contribution in [2.24, 2.45) is 0 Å². The summed E-state index contributed by atoms with van der Waals surface area (Å²) in [6.45, 7) is 1.53. The van der Waals surface area contributed by atoms with E-state index in [1.54, 1.807) is 11.0 Å². The molecule has 0 amide bonds. The van der Waals surface area contributed by atoms with E-state index in [1.807, 2.05) is 29.6 Å². The third-order valence-corrected chi connectivity index (χ3v) is 4.26. The van der Waals surface area contributed by atoms with Crippen LogP contribution < -0.4 is 10.6 Å². The Hall–Kier alpha value is -0.600. The fourth-order valence-electron chi connectivity index (χ4n) is 2.32. The predicted octanol–water partition coefficient (Wildman–Crippen LogP) is 1.99. The number of likely N-dealkylation sites (N-methyl/N-ethyl adjacent to an activating group) is 1. The second-order valence-corrected chi connectivity index (χ2v) is 6.18. The quantitative estimate of drug-likeness (QED) is 0.622. The third kappa shape index (κ3) is 3.49. The van der Waals surface area contributed by atoms with Crippen LogP contribution in [0.1, 0.15) is 12.8 Å². The highest BCUT2D eigenvalue weighted by Crippen LogP contribution is 2.29. The minimum absolute atomic E-state index is 0.296. The molecule has 0 bridgehead atoms. The Morgan fingerprint density at radius 3 is 2.74 bits per heavy atom. The van der Waals surface area contributed by atoms with Gasteiger partial charge in [0.25, 0.3) is 0 Å². The molecule has 0 unspecified atom stereocenters. The number of ether oxygens (including phenoxy) is 1. The fraction of sp³-hybridized carbons (Fsp3) is 0.538. The van der Waals surface area contributed by atoms with Crippen LogP contribution in [0, 0.1) is 9.39 Å². The van der Waals surface area contributed by atoms with E-state index in [0.29, 0.717) is 47.5 Å². The van der Waals surface area contributed by atoms with Crippen LogP contribution in [0.15, 0.2) is 12.1 Å². The molecule has 0 spiro atoms. The van der Waals surface area contributed by atoms with Gasteiger partial charge in [-0.2, -0.15) is 0 Å². The second-order valence-electron chi connectivity index (χ2n) is 5.02. The number of nitrogens with two attached hydrogens (primary N) is 1. The van der Waals surface area contributed by atoms with Gasteiger partial charge in [0, 0.05) is 45.7 Å². The number of hydrogen-bond acceptors (Lipinski definition) is 4. The molecule has 1 aliphatic rings. The lowest BCUT2D eigenvalue weighted by Crippen LogP contribution is -2.45. The molecule has 1 saturated heterocycles. The SMILES string of the molecule is CN(CC1(O)CCOCC1)c1cc(F)c(I)cc1N. The Bertz CT molecular complexity index is 464. The Morgan fingerprint density at radius 2 is 2.11 bits per heavy atom. The van der Waals surface area contributed by atoms with Gasteiger partial charge in [-0.1, -0.05) is 0 Å². The largest absolute Gasteiger partial charge is 0.397 e. The lowest BCUT2D eigenvalue weighted by molar-refractivity contribution is -0.0572. The normalized spacial score (nSPS) is 18.3. The van der Waals surface area contributed by atoms with Gasteiger partial charge in [-0.05, 0) is 28.7 Å². The van der Waals surface area contributed by atoms with Crippen molar-refractivity contribution in [3.05, 3.63) is 21.5 Å². The van der Waals surface area contributed by atoms with E-state index >= 15 is 0 Å². The van der Waals surface area contributed by atoms with Crippen molar-refractivity contribution in [3.63, 3.8) is 0 Å². The molecule has 1 aromatic carbocycles. The highest BCUT2D eigenvalue weighted by atomic mass is 127. The van der Waals surface area contributed by atoms with Gasteiger partial charge in [-0.15, -0.1) is 0 Å². The topological polar surface area (TPSA) is 58.7 Å². The van der Waals surface area contributed by atoms with Crippen molar-refractivity contribution in [3.8, 4) is 0 Å². The minimum Gasteiger partial charge on any atom is -0.397 e. The van der Waals surface area contributed by atoms with Crippen LogP contribution in [-0.2, 0) is 4.74 Å². The van der Waals surface area contributed by atoms with Crippen LogP contribution in [-0.4, -0.2) is 37.5 Å². The number of nitrogens with zero attached hydrogens (tertiary/aromatic N) is 1. The number of nitrogen functional groups attached to an aromatic ring is 1. The molecule has 19 heavy (non-hydrogen) atoms. The molecule has 1 aromatic rings. The molecule has 1 fully saturated rings. The molecule has 1 aliphatic heterocycles. The Kier molecular flexibility index (Phi) is 4.52. The van der Waals surface area contributed by atoms with Crippen LogP contribution in [0.25, 0.3) is 0 Å². The number of aliphatic hydroxyl groups is 1. The minimum atomic E-state index is -0.793. The summed E-state index contributed by atoms with van der Waals surface area (Å²) in [5.41, 5.74) is 6.25. The highest BCUT2D eigenvalue weighted by molar-refractivity contribution is 14.1. The van der Waals surface area contributed by atoms with E-state index in [-0.39, 0.29) is 5.82 Å². The summed E-state index contributed by atoms with van der Waals surface area (Å²) in [4.78, 5) is 1.81. The Balaban J connectivity index is 2.15. The molecule has 0 aliphatic carbocycles. The summed E-state index contributed by atoms with van der Waals surface area (Å²) in [5.74, 6) is -0.296. The van der Waals surface area contributed by atoms with Crippen molar-refractivity contribution >= 4 is 34.0 Å². The summed E-state index contributed by atoms with van der Waals surface area (Å²) >= 11 is 1.91. The Morgan fingerprint density at radius 1 is 1.47 bits per heavy atom. The van der Waals surface area contributed by atoms with Crippen molar-refractivity contribution in [1.29, 1.82) is 0 Å². The summed E-state index contributed by atoms with van der Waals surface area (Å²) < 4.78 is 19.4. The van der Waals surface area contributed by atoms with Crippen LogP contribution in [0.2, 0.25) is 0 Å². The van der Waals surface area contributed by atoms with Gasteiger partial charge in [-0.25, -0.2) is 4.39 Å². The Labute approximate surface area is 125 Å². The van der Waals surface area contributed by atoms with Crippen molar-refractivity contribution in [2.45, 2.75) is 18.4 Å². The summed E-state index contributed by atoms with van der Waals surface area (Å²) in [7, 11) is 1.81. The number of rotatable bonds is 3. The highest BCUT2D eigenvalue weighted by Gasteiger charge is 2.31. The third-order valence-electron chi connectivity index (χ3n) is 3.44. The van der Waals surface area contributed by atoms with Crippen molar-refractivity contribution in [2.75, 3.05) is 37.4 Å². The van der Waals surface area contributed by atoms with Gasteiger partial charge in [0.1, 0.15) is 5.82 Å². The average molecular weight is 380 g/mol. The summed E-state index contributed by atoms with van der Waals surface area (Å²) in [6.07, 6.45) is 1.17. The first kappa shape index (κ1) is 14.8. The van der Waals surface area contributed by atoms with E-state index in [0.717, 1.165) is 0 Å². The van der Waals surface area contributed by atoms with E-state index in [2.05, 4.69) is 0 Å². The molecule has 0 aromatic heterocycles. The molecular weight excluding hydrogens is 362 g/mol. The van der Waals surface area contributed by atoms with E-state index < -0.39 is 5.60 Å². The number of hydrogen-bond donors (Lipinski definition) is 2. The monoisotopic (exact) mass is 380 g/mol. The zero-order valence-electron chi connectivity index (χ0n) is 10.8. The van der Waals surface area contributed by atoms with Crippen LogP contribution in [0.3, 0.4) is 0 Å². The maximum atomic E-state index is 13.6. The molecule has 0 saturated carbocycles. The molecule has 2 rings (SSSR count). The zero-order chi connectivity index (χ0) is 14.0. The second kappa shape index (κ2) is 5.80. The fourth-order valence-corrected chi connectivity index (χ4v) is 2.81.